The van der Waals surface area contributed by atoms with E-state index in [1.807, 2.05) is 0 Å². The number of benzene rings is 1. The van der Waals surface area contributed by atoms with E-state index >= 15 is 0 Å². The lowest BCUT2D eigenvalue weighted by molar-refractivity contribution is -0.137. The molecule has 2 aromatic rings. The Labute approximate surface area is 142 Å². The fourth-order valence-corrected chi connectivity index (χ4v) is 1.91. The molecule has 1 heterocycles. The highest BCUT2D eigenvalue weighted by atomic mass is 19.4. The first kappa shape index (κ1) is 18.7. The molecule has 1 amide bonds. The molecular formula is C17H17F3N2O3. The molecule has 0 aliphatic rings. The zero-order valence-electron chi connectivity index (χ0n) is 13.4. The third-order valence-electron chi connectivity index (χ3n) is 3.30. The van der Waals surface area contributed by atoms with Crippen molar-refractivity contribution in [3.8, 4) is 5.75 Å². The second kappa shape index (κ2) is 7.98. The van der Waals surface area contributed by atoms with Crippen LogP contribution in [0, 0.1) is 6.92 Å². The molecule has 25 heavy (non-hydrogen) atoms. The van der Waals surface area contributed by atoms with E-state index in [2.05, 4.69) is 10.3 Å². The summed E-state index contributed by atoms with van der Waals surface area (Å²) in [6.07, 6.45) is -3.99. The van der Waals surface area contributed by atoms with Gasteiger partial charge in [-0.05, 0) is 43.3 Å². The zero-order chi connectivity index (χ0) is 18.4. The molecule has 8 heteroatoms. The molecular weight excluding hydrogens is 337 g/mol. The van der Waals surface area contributed by atoms with Gasteiger partial charge in [-0.3, -0.25) is 9.78 Å². The Kier molecular flexibility index (Phi) is 5.97. The smallest absolute Gasteiger partial charge is 0.416 e. The van der Waals surface area contributed by atoms with Crippen molar-refractivity contribution in [1.82, 2.24) is 10.3 Å². The van der Waals surface area contributed by atoms with Crippen molar-refractivity contribution in [2.45, 2.75) is 19.2 Å². The molecule has 0 aliphatic carbocycles. The first-order valence-corrected chi connectivity index (χ1v) is 7.44. The molecule has 0 fully saturated rings. The van der Waals surface area contributed by atoms with Crippen molar-refractivity contribution in [1.29, 1.82) is 0 Å². The third kappa shape index (κ3) is 5.75. The fraction of sp³-hybridized carbons (Fsp3) is 0.294. The van der Waals surface area contributed by atoms with Crippen LogP contribution in [0.2, 0.25) is 0 Å². The summed E-state index contributed by atoms with van der Waals surface area (Å²) in [5.41, 5.74) is 0.363. The number of amides is 1. The first-order valence-electron chi connectivity index (χ1n) is 7.44. The number of nitrogens with zero attached hydrogens (tertiary/aromatic N) is 1. The summed E-state index contributed by atoms with van der Waals surface area (Å²) in [7, 11) is 0. The van der Waals surface area contributed by atoms with Gasteiger partial charge in [0.1, 0.15) is 18.5 Å². The van der Waals surface area contributed by atoms with Gasteiger partial charge in [-0.2, -0.15) is 13.2 Å². The molecule has 1 atom stereocenters. The molecule has 0 bridgehead atoms. The van der Waals surface area contributed by atoms with Gasteiger partial charge in [-0.1, -0.05) is 0 Å². The third-order valence-corrected chi connectivity index (χ3v) is 3.30. The minimum Gasteiger partial charge on any atom is -0.491 e. The molecule has 134 valence electrons. The number of aromatic nitrogens is 1. The molecule has 5 nitrogen and oxygen atoms in total. The number of pyridine rings is 1. The molecule has 0 saturated carbocycles. The van der Waals surface area contributed by atoms with Crippen LogP contribution in [-0.4, -0.2) is 35.3 Å². The predicted molar refractivity (Wildman–Crippen MR) is 84.3 cm³/mol. The number of ether oxygens (including phenoxy) is 1. The summed E-state index contributed by atoms with van der Waals surface area (Å²) in [6, 6.07) is 7.45. The number of aliphatic hydroxyl groups excluding tert-OH is 1. The van der Waals surface area contributed by atoms with Crippen molar-refractivity contribution in [3.63, 3.8) is 0 Å². The summed E-state index contributed by atoms with van der Waals surface area (Å²) < 4.78 is 42.5. The molecule has 0 spiro atoms. The van der Waals surface area contributed by atoms with Crippen molar-refractivity contribution < 1.29 is 27.8 Å². The van der Waals surface area contributed by atoms with Gasteiger partial charge >= 0.3 is 6.18 Å². The minimum absolute atomic E-state index is 0.0622. The monoisotopic (exact) mass is 354 g/mol. The van der Waals surface area contributed by atoms with E-state index in [-0.39, 0.29) is 24.8 Å². The van der Waals surface area contributed by atoms with Crippen LogP contribution < -0.4 is 10.1 Å². The van der Waals surface area contributed by atoms with Crippen molar-refractivity contribution in [2.75, 3.05) is 13.2 Å². The Morgan fingerprint density at radius 3 is 2.48 bits per heavy atom. The fourth-order valence-electron chi connectivity index (χ4n) is 1.91. The SMILES string of the molecule is Cc1ccc(C(=O)NCC(O)COc2ccc(C(F)(F)F)cc2)cn1. The summed E-state index contributed by atoms with van der Waals surface area (Å²) >= 11 is 0. The van der Waals surface area contributed by atoms with Crippen LogP contribution in [0.4, 0.5) is 13.2 Å². The van der Waals surface area contributed by atoms with Crippen molar-refractivity contribution in [2.24, 2.45) is 0 Å². The molecule has 2 rings (SSSR count). The van der Waals surface area contributed by atoms with E-state index in [4.69, 9.17) is 4.74 Å². The van der Waals surface area contributed by atoms with Crippen molar-refractivity contribution in [3.05, 3.63) is 59.4 Å². The molecule has 1 aromatic carbocycles. The highest BCUT2D eigenvalue weighted by molar-refractivity contribution is 5.93. The number of halogens is 3. The van der Waals surface area contributed by atoms with Crippen LogP contribution in [0.15, 0.2) is 42.6 Å². The number of alkyl halides is 3. The largest absolute Gasteiger partial charge is 0.491 e. The highest BCUT2D eigenvalue weighted by Gasteiger charge is 2.30. The van der Waals surface area contributed by atoms with Crippen LogP contribution in [0.1, 0.15) is 21.6 Å². The van der Waals surface area contributed by atoms with Gasteiger partial charge in [0, 0.05) is 18.4 Å². The van der Waals surface area contributed by atoms with Gasteiger partial charge in [0.15, 0.2) is 0 Å². The molecule has 0 radical (unpaired) electrons. The Bertz CT molecular complexity index is 701. The van der Waals surface area contributed by atoms with Crippen LogP contribution in [-0.2, 0) is 6.18 Å². The lowest BCUT2D eigenvalue weighted by Crippen LogP contribution is -2.35. The Morgan fingerprint density at radius 2 is 1.92 bits per heavy atom. The highest BCUT2D eigenvalue weighted by Crippen LogP contribution is 2.30. The summed E-state index contributed by atoms with van der Waals surface area (Å²) in [5.74, 6) is -0.192. The van der Waals surface area contributed by atoms with E-state index in [1.54, 1.807) is 19.1 Å². The molecule has 0 aliphatic heterocycles. The Hall–Kier alpha value is -2.61. The molecule has 1 aromatic heterocycles. The van der Waals surface area contributed by atoms with E-state index in [9.17, 15) is 23.1 Å². The Morgan fingerprint density at radius 1 is 1.24 bits per heavy atom. The minimum atomic E-state index is -4.41. The van der Waals surface area contributed by atoms with Gasteiger partial charge in [-0.25, -0.2) is 0 Å². The first-order chi connectivity index (χ1) is 11.8. The van der Waals surface area contributed by atoms with Gasteiger partial charge in [0.05, 0.1) is 11.1 Å². The average Bonchev–Trinajstić information content (AvgIpc) is 2.58. The van der Waals surface area contributed by atoms with Crippen molar-refractivity contribution >= 4 is 5.91 Å². The number of aryl methyl sites for hydroxylation is 1. The maximum Gasteiger partial charge on any atom is 0.416 e. The number of carbonyl (C=O) groups excluding carboxylic acids is 1. The molecule has 2 N–H and O–H groups in total. The quantitative estimate of drug-likeness (QED) is 0.836. The summed E-state index contributed by atoms with van der Waals surface area (Å²) in [6.45, 7) is 1.56. The van der Waals surface area contributed by atoms with E-state index < -0.39 is 17.8 Å². The Balaban J connectivity index is 1.77. The van der Waals surface area contributed by atoms with Crippen LogP contribution >= 0.6 is 0 Å². The predicted octanol–water partition coefficient (Wildman–Crippen LogP) is 2.58. The van der Waals surface area contributed by atoms with Gasteiger partial charge < -0.3 is 15.2 Å². The number of hydrogen-bond acceptors (Lipinski definition) is 4. The summed E-state index contributed by atoms with van der Waals surface area (Å²) in [4.78, 5) is 15.9. The van der Waals surface area contributed by atoms with Gasteiger partial charge in [0.25, 0.3) is 5.91 Å². The number of nitrogens with one attached hydrogen (secondary N) is 1. The topological polar surface area (TPSA) is 71.5 Å². The van der Waals surface area contributed by atoms with Gasteiger partial charge in [-0.15, -0.1) is 0 Å². The molecule has 0 saturated heterocycles. The number of rotatable bonds is 6. The second-order valence-electron chi connectivity index (χ2n) is 5.39. The number of hydrogen-bond donors (Lipinski definition) is 2. The standard InChI is InChI=1S/C17H17F3N2O3/c1-11-2-3-12(8-21-11)16(24)22-9-14(23)10-25-15-6-4-13(5-7-15)17(18,19)20/h2-8,14,23H,9-10H2,1H3,(H,22,24). The number of carbonyl (C=O) groups is 1. The average molecular weight is 354 g/mol. The van der Waals surface area contributed by atoms with Crippen LogP contribution in [0.3, 0.4) is 0 Å². The molecule has 1 unspecified atom stereocenters. The van der Waals surface area contributed by atoms with Crippen LogP contribution in [0.25, 0.3) is 0 Å². The van der Waals surface area contributed by atoms with E-state index in [0.717, 1.165) is 17.8 Å². The normalized spacial score (nSPS) is 12.5. The zero-order valence-corrected chi connectivity index (χ0v) is 13.4. The maximum absolute atomic E-state index is 12.4. The lowest BCUT2D eigenvalue weighted by atomic mass is 10.2. The maximum atomic E-state index is 12.4. The lowest BCUT2D eigenvalue weighted by Gasteiger charge is -2.14. The summed E-state index contributed by atoms with van der Waals surface area (Å²) in [5, 5.41) is 12.3. The van der Waals surface area contributed by atoms with E-state index in [0.29, 0.717) is 5.56 Å². The number of aliphatic hydroxyl groups is 1. The van der Waals surface area contributed by atoms with Gasteiger partial charge in [0.2, 0.25) is 0 Å². The second-order valence-corrected chi connectivity index (χ2v) is 5.39. The van der Waals surface area contributed by atoms with E-state index in [1.165, 1.54) is 18.3 Å². The van der Waals surface area contributed by atoms with Crippen LogP contribution in [0.5, 0.6) is 5.75 Å².